The molecular weight excluding hydrogens is 327 g/mol. The topological polar surface area (TPSA) is 40.6 Å². The molecule has 0 bridgehead atoms. The first-order valence-corrected chi connectivity index (χ1v) is 7.43. The maximum atomic E-state index is 13.6. The first-order chi connectivity index (χ1) is 9.58. The van der Waals surface area contributed by atoms with Crippen LogP contribution in [0.2, 0.25) is 0 Å². The Balaban J connectivity index is 1.92. The van der Waals surface area contributed by atoms with Crippen molar-refractivity contribution in [1.82, 2.24) is 4.90 Å². The summed E-state index contributed by atoms with van der Waals surface area (Å²) in [5.74, 6) is -0.600. The van der Waals surface area contributed by atoms with E-state index in [0.29, 0.717) is 23.1 Å². The molecule has 0 saturated carbocycles. The zero-order valence-corrected chi connectivity index (χ0v) is 12.4. The monoisotopic (exact) mass is 340 g/mol. The zero-order chi connectivity index (χ0) is 14.3. The number of halogens is 2. The van der Waals surface area contributed by atoms with Gasteiger partial charge < -0.3 is 9.80 Å². The first-order valence-electron chi connectivity index (χ1n) is 6.64. The van der Waals surface area contributed by atoms with Gasteiger partial charge in [0.15, 0.2) is 0 Å². The molecule has 106 valence electrons. The Labute approximate surface area is 124 Å². The van der Waals surface area contributed by atoms with Gasteiger partial charge >= 0.3 is 0 Å². The van der Waals surface area contributed by atoms with Gasteiger partial charge in [-0.2, -0.15) is 0 Å². The van der Waals surface area contributed by atoms with Gasteiger partial charge in [-0.3, -0.25) is 9.59 Å². The summed E-state index contributed by atoms with van der Waals surface area (Å²) in [7, 11) is 0. The highest BCUT2D eigenvalue weighted by molar-refractivity contribution is 9.10. The summed E-state index contributed by atoms with van der Waals surface area (Å²) < 4.78 is 14.0. The van der Waals surface area contributed by atoms with Crippen molar-refractivity contribution >= 4 is 33.4 Å². The van der Waals surface area contributed by atoms with Crippen molar-refractivity contribution in [2.24, 2.45) is 0 Å². The summed E-state index contributed by atoms with van der Waals surface area (Å²) in [5.41, 5.74) is 0.439. The van der Waals surface area contributed by atoms with Crippen LogP contribution in [-0.4, -0.2) is 35.8 Å². The fourth-order valence-corrected chi connectivity index (χ4v) is 3.09. The van der Waals surface area contributed by atoms with Crippen LogP contribution in [0.1, 0.15) is 19.3 Å². The van der Waals surface area contributed by atoms with Crippen LogP contribution < -0.4 is 4.90 Å². The molecule has 0 aromatic heterocycles. The average molecular weight is 341 g/mol. The van der Waals surface area contributed by atoms with Crippen LogP contribution in [-0.2, 0) is 9.59 Å². The van der Waals surface area contributed by atoms with Crippen LogP contribution in [0.15, 0.2) is 22.7 Å². The SMILES string of the molecule is O=C1C2CCCCN2C(=O)CN1c1ccc(Br)c(F)c1. The van der Waals surface area contributed by atoms with Crippen LogP contribution >= 0.6 is 15.9 Å². The number of hydrogen-bond donors (Lipinski definition) is 0. The second kappa shape index (κ2) is 5.16. The number of benzene rings is 1. The van der Waals surface area contributed by atoms with Crippen LogP contribution in [0.3, 0.4) is 0 Å². The number of piperidine rings is 1. The molecule has 2 heterocycles. The minimum absolute atomic E-state index is 0.00357. The Morgan fingerprint density at radius 1 is 1.25 bits per heavy atom. The van der Waals surface area contributed by atoms with Gasteiger partial charge in [0.05, 0.1) is 4.47 Å². The van der Waals surface area contributed by atoms with E-state index in [1.807, 2.05) is 0 Å². The molecule has 2 fully saturated rings. The number of fused-ring (bicyclic) bond motifs is 1. The summed E-state index contributed by atoms with van der Waals surface area (Å²) >= 11 is 3.08. The lowest BCUT2D eigenvalue weighted by atomic mass is 9.98. The molecule has 2 amide bonds. The molecule has 20 heavy (non-hydrogen) atoms. The Kier molecular flexibility index (Phi) is 3.50. The predicted molar refractivity (Wildman–Crippen MR) is 75.8 cm³/mol. The molecule has 2 saturated heterocycles. The van der Waals surface area contributed by atoms with E-state index in [2.05, 4.69) is 15.9 Å². The predicted octanol–water partition coefficient (Wildman–Crippen LogP) is 2.32. The minimum Gasteiger partial charge on any atom is -0.329 e. The quantitative estimate of drug-likeness (QED) is 0.787. The second-order valence-electron chi connectivity index (χ2n) is 5.12. The molecule has 0 N–H and O–H groups in total. The highest BCUT2D eigenvalue weighted by atomic mass is 79.9. The molecule has 1 aromatic carbocycles. The van der Waals surface area contributed by atoms with Crippen molar-refractivity contribution in [3.63, 3.8) is 0 Å². The summed E-state index contributed by atoms with van der Waals surface area (Å²) in [6.45, 7) is 0.647. The molecular formula is C14H14BrFN2O2. The number of carbonyl (C=O) groups excluding carboxylic acids is 2. The fraction of sp³-hybridized carbons (Fsp3) is 0.429. The van der Waals surface area contributed by atoms with E-state index in [0.717, 1.165) is 12.8 Å². The highest BCUT2D eigenvalue weighted by Crippen LogP contribution is 2.28. The van der Waals surface area contributed by atoms with E-state index >= 15 is 0 Å². The van der Waals surface area contributed by atoms with Crippen molar-refractivity contribution < 1.29 is 14.0 Å². The lowest BCUT2D eigenvalue weighted by Crippen LogP contribution is -2.61. The second-order valence-corrected chi connectivity index (χ2v) is 5.98. The standard InChI is InChI=1S/C14H14BrFN2O2/c15-10-5-4-9(7-11(10)16)18-8-13(19)17-6-2-1-3-12(17)14(18)20/h4-5,7,12H,1-3,6,8H2. The van der Waals surface area contributed by atoms with Crippen molar-refractivity contribution in [2.45, 2.75) is 25.3 Å². The Morgan fingerprint density at radius 3 is 2.80 bits per heavy atom. The number of piperazine rings is 1. The molecule has 1 unspecified atom stereocenters. The van der Waals surface area contributed by atoms with Gasteiger partial charge in [-0.25, -0.2) is 4.39 Å². The van der Waals surface area contributed by atoms with Crippen molar-refractivity contribution in [1.29, 1.82) is 0 Å². The van der Waals surface area contributed by atoms with E-state index in [1.165, 1.54) is 11.0 Å². The van der Waals surface area contributed by atoms with Gasteiger partial charge in [0, 0.05) is 12.2 Å². The van der Waals surface area contributed by atoms with Gasteiger partial charge in [0.2, 0.25) is 11.8 Å². The van der Waals surface area contributed by atoms with Crippen molar-refractivity contribution in [3.8, 4) is 0 Å². The zero-order valence-electron chi connectivity index (χ0n) is 10.8. The molecule has 1 atom stereocenters. The molecule has 6 heteroatoms. The van der Waals surface area contributed by atoms with E-state index in [-0.39, 0.29) is 24.4 Å². The van der Waals surface area contributed by atoms with Gasteiger partial charge in [-0.1, -0.05) is 0 Å². The first kappa shape index (κ1) is 13.5. The molecule has 3 rings (SSSR count). The Hall–Kier alpha value is -1.43. The number of rotatable bonds is 1. The Bertz CT molecular complexity index is 578. The number of hydrogen-bond acceptors (Lipinski definition) is 2. The van der Waals surface area contributed by atoms with Crippen LogP contribution in [0.4, 0.5) is 10.1 Å². The highest BCUT2D eigenvalue weighted by Gasteiger charge is 2.40. The minimum atomic E-state index is -0.436. The maximum Gasteiger partial charge on any atom is 0.250 e. The fourth-order valence-electron chi connectivity index (χ4n) is 2.84. The molecule has 0 radical (unpaired) electrons. The van der Waals surface area contributed by atoms with Crippen LogP contribution in [0.25, 0.3) is 0 Å². The van der Waals surface area contributed by atoms with E-state index in [1.54, 1.807) is 17.0 Å². The Morgan fingerprint density at radius 2 is 2.05 bits per heavy atom. The summed E-state index contributed by atoms with van der Waals surface area (Å²) in [6, 6.07) is 4.11. The molecule has 2 aliphatic heterocycles. The smallest absolute Gasteiger partial charge is 0.250 e. The summed E-state index contributed by atoms with van der Waals surface area (Å²) in [6.07, 6.45) is 2.59. The van der Waals surface area contributed by atoms with E-state index in [4.69, 9.17) is 0 Å². The van der Waals surface area contributed by atoms with Gasteiger partial charge in [-0.05, 0) is 53.4 Å². The molecule has 2 aliphatic rings. The normalized spacial score (nSPS) is 23.0. The lowest BCUT2D eigenvalue weighted by molar-refractivity contribution is -0.144. The van der Waals surface area contributed by atoms with Gasteiger partial charge in [0.25, 0.3) is 0 Å². The summed E-state index contributed by atoms with van der Waals surface area (Å²) in [4.78, 5) is 27.7. The largest absolute Gasteiger partial charge is 0.329 e. The number of amides is 2. The number of anilines is 1. The van der Waals surface area contributed by atoms with E-state index < -0.39 is 5.82 Å². The van der Waals surface area contributed by atoms with E-state index in [9.17, 15) is 14.0 Å². The van der Waals surface area contributed by atoms with Gasteiger partial charge in [0.1, 0.15) is 18.4 Å². The van der Waals surface area contributed by atoms with Crippen molar-refractivity contribution in [3.05, 3.63) is 28.5 Å². The molecule has 4 nitrogen and oxygen atoms in total. The number of carbonyl (C=O) groups is 2. The van der Waals surface area contributed by atoms with Crippen LogP contribution in [0.5, 0.6) is 0 Å². The molecule has 0 spiro atoms. The molecule has 1 aromatic rings. The third-order valence-electron chi connectivity index (χ3n) is 3.88. The molecule has 0 aliphatic carbocycles. The number of nitrogens with zero attached hydrogens (tertiary/aromatic N) is 2. The lowest BCUT2D eigenvalue weighted by Gasteiger charge is -2.42. The summed E-state index contributed by atoms with van der Waals surface area (Å²) in [5, 5.41) is 0. The van der Waals surface area contributed by atoms with Crippen LogP contribution in [0, 0.1) is 5.82 Å². The van der Waals surface area contributed by atoms with Gasteiger partial charge in [-0.15, -0.1) is 0 Å². The third kappa shape index (κ3) is 2.22. The average Bonchev–Trinajstić information content (AvgIpc) is 2.46. The third-order valence-corrected chi connectivity index (χ3v) is 4.53. The van der Waals surface area contributed by atoms with Crippen molar-refractivity contribution in [2.75, 3.05) is 18.0 Å². The maximum absolute atomic E-state index is 13.6.